The number of aromatic nitrogens is 1. The first kappa shape index (κ1) is 19.8. The lowest BCUT2D eigenvalue weighted by Gasteiger charge is -2.11. The monoisotopic (exact) mass is 395 g/mol. The molecule has 0 unspecified atom stereocenters. The van der Waals surface area contributed by atoms with Gasteiger partial charge in [-0.3, -0.25) is 14.4 Å². The van der Waals surface area contributed by atoms with Crippen LogP contribution in [0, 0.1) is 5.82 Å². The van der Waals surface area contributed by atoms with Crippen LogP contribution in [0.15, 0.2) is 71.7 Å². The van der Waals surface area contributed by atoms with Crippen molar-refractivity contribution in [2.24, 2.45) is 0 Å². The number of nitrogens with one attached hydrogen (secondary N) is 2. The summed E-state index contributed by atoms with van der Waals surface area (Å²) in [5.41, 5.74) is 0.367. The van der Waals surface area contributed by atoms with E-state index in [-0.39, 0.29) is 23.6 Å². The Kier molecular flexibility index (Phi) is 6.03. The van der Waals surface area contributed by atoms with E-state index in [4.69, 9.17) is 4.84 Å². The van der Waals surface area contributed by atoms with Gasteiger partial charge in [0.1, 0.15) is 18.0 Å². The van der Waals surface area contributed by atoms with Crippen LogP contribution in [0.5, 0.6) is 0 Å². The molecule has 3 aromatic rings. The Morgan fingerprint density at radius 3 is 2.45 bits per heavy atom. The topological polar surface area (TPSA) is 89.4 Å². The minimum absolute atomic E-state index is 0.147. The van der Waals surface area contributed by atoms with Gasteiger partial charge in [-0.15, -0.1) is 0 Å². The summed E-state index contributed by atoms with van der Waals surface area (Å²) in [5, 5.41) is 5.21. The lowest BCUT2D eigenvalue weighted by Crippen LogP contribution is -2.32. The largest absolute Gasteiger partial charge is 0.406 e. The van der Waals surface area contributed by atoms with Crippen molar-refractivity contribution in [1.29, 1.82) is 0 Å². The number of halogens is 1. The highest BCUT2D eigenvalue weighted by Crippen LogP contribution is 2.15. The van der Waals surface area contributed by atoms with Crippen LogP contribution in [0.3, 0.4) is 0 Å². The van der Waals surface area contributed by atoms with Crippen LogP contribution >= 0.6 is 0 Å². The zero-order valence-corrected chi connectivity index (χ0v) is 15.5. The Bertz CT molecular complexity index is 1110. The molecule has 0 saturated heterocycles. The number of nitrogens with zero attached hydrogens (tertiary/aromatic N) is 1. The van der Waals surface area contributed by atoms with Crippen LogP contribution in [0.1, 0.15) is 22.8 Å². The van der Waals surface area contributed by atoms with Crippen molar-refractivity contribution in [3.8, 4) is 0 Å². The van der Waals surface area contributed by atoms with E-state index >= 15 is 0 Å². The fraction of sp³-hybridized carbons (Fsp3) is 0.0952. The molecule has 7 nitrogen and oxygen atoms in total. The summed E-state index contributed by atoms with van der Waals surface area (Å²) in [6.45, 7) is 1.20. The van der Waals surface area contributed by atoms with Crippen LogP contribution in [-0.4, -0.2) is 16.5 Å². The van der Waals surface area contributed by atoms with Gasteiger partial charge in [0.15, 0.2) is 0 Å². The maximum absolute atomic E-state index is 13.7. The Labute approximate surface area is 165 Å². The number of hydrogen-bond acceptors (Lipinski definition) is 4. The van der Waals surface area contributed by atoms with Gasteiger partial charge >= 0.3 is 0 Å². The third-order valence-electron chi connectivity index (χ3n) is 3.92. The summed E-state index contributed by atoms with van der Waals surface area (Å²) >= 11 is 0. The molecular formula is C21H18FN3O4. The van der Waals surface area contributed by atoms with Gasteiger partial charge in [-0.25, -0.2) is 4.39 Å². The Morgan fingerprint density at radius 1 is 1.00 bits per heavy atom. The van der Waals surface area contributed by atoms with Crippen molar-refractivity contribution in [3.63, 3.8) is 0 Å². The number of rotatable bonds is 6. The van der Waals surface area contributed by atoms with Gasteiger partial charge in [-0.05, 0) is 36.4 Å². The summed E-state index contributed by atoms with van der Waals surface area (Å²) in [5.74, 6) is -1.33. The Hall–Kier alpha value is -3.94. The summed E-state index contributed by atoms with van der Waals surface area (Å²) < 4.78 is 14.6. The molecule has 2 N–H and O–H groups in total. The molecule has 1 aromatic heterocycles. The molecule has 0 aliphatic rings. The number of pyridine rings is 1. The van der Waals surface area contributed by atoms with Crippen LogP contribution in [-0.2, 0) is 11.4 Å². The second-order valence-electron chi connectivity index (χ2n) is 6.13. The number of anilines is 2. The molecule has 2 aromatic carbocycles. The molecule has 8 heteroatoms. The van der Waals surface area contributed by atoms with E-state index in [2.05, 4.69) is 10.6 Å². The molecule has 148 valence electrons. The van der Waals surface area contributed by atoms with Gasteiger partial charge in [-0.1, -0.05) is 24.3 Å². The predicted octanol–water partition coefficient (Wildman–Crippen LogP) is 2.83. The first-order chi connectivity index (χ1) is 13.9. The van der Waals surface area contributed by atoms with E-state index < -0.39 is 17.3 Å². The maximum atomic E-state index is 13.7. The molecule has 0 saturated carbocycles. The molecule has 2 amide bonds. The molecule has 0 aliphatic carbocycles. The van der Waals surface area contributed by atoms with Gasteiger partial charge in [0.05, 0.1) is 0 Å². The van der Waals surface area contributed by atoms with Crippen molar-refractivity contribution in [2.45, 2.75) is 13.5 Å². The van der Waals surface area contributed by atoms with Gasteiger partial charge in [-0.2, -0.15) is 4.73 Å². The molecular weight excluding hydrogens is 377 g/mol. The standard InChI is InChI=1S/C21H18FN3O4/c1-14(26)23-16-7-4-8-17(12-16)24-20(27)18-9-5-11-25(21(18)28)29-13-15-6-2-3-10-19(15)22/h2-12H,13H2,1H3,(H,23,26)(H,24,27). The SMILES string of the molecule is CC(=O)Nc1cccc(NC(=O)c2cccn(OCc3ccccc3F)c2=O)c1. The van der Waals surface area contributed by atoms with Gasteiger partial charge in [0.25, 0.3) is 11.5 Å². The molecule has 1 heterocycles. The minimum atomic E-state index is -0.681. The molecule has 0 radical (unpaired) electrons. The third kappa shape index (κ3) is 5.07. The quantitative estimate of drug-likeness (QED) is 0.672. The molecule has 0 fully saturated rings. The van der Waals surface area contributed by atoms with Crippen LogP contribution in [0.2, 0.25) is 0 Å². The zero-order valence-electron chi connectivity index (χ0n) is 15.5. The normalized spacial score (nSPS) is 10.3. The first-order valence-electron chi connectivity index (χ1n) is 8.71. The van der Waals surface area contributed by atoms with Crippen LogP contribution < -0.4 is 21.0 Å². The lowest BCUT2D eigenvalue weighted by molar-refractivity contribution is -0.114. The highest BCUT2D eigenvalue weighted by molar-refractivity contribution is 6.04. The van der Waals surface area contributed by atoms with E-state index in [0.717, 1.165) is 4.73 Å². The average Bonchev–Trinajstić information content (AvgIpc) is 2.68. The van der Waals surface area contributed by atoms with E-state index in [9.17, 15) is 18.8 Å². The second kappa shape index (κ2) is 8.83. The predicted molar refractivity (Wildman–Crippen MR) is 106 cm³/mol. The van der Waals surface area contributed by atoms with Crippen molar-refractivity contribution >= 4 is 23.2 Å². The fourth-order valence-corrected chi connectivity index (χ4v) is 2.58. The molecule has 0 aliphatic heterocycles. The molecule has 0 spiro atoms. The van der Waals surface area contributed by atoms with Crippen molar-refractivity contribution < 1.29 is 18.8 Å². The average molecular weight is 395 g/mol. The number of amides is 2. The summed E-state index contributed by atoms with van der Waals surface area (Å²) in [6.07, 6.45) is 1.34. The van der Waals surface area contributed by atoms with Gasteiger partial charge < -0.3 is 15.5 Å². The van der Waals surface area contributed by atoms with Crippen molar-refractivity contribution in [3.05, 3.63) is 94.2 Å². The van der Waals surface area contributed by atoms with E-state index in [1.807, 2.05) is 0 Å². The first-order valence-corrected chi connectivity index (χ1v) is 8.71. The smallest absolute Gasteiger partial charge is 0.295 e. The van der Waals surface area contributed by atoms with Crippen LogP contribution in [0.4, 0.5) is 15.8 Å². The summed E-state index contributed by atoms with van der Waals surface area (Å²) in [4.78, 5) is 41.6. The number of hydrogen-bond donors (Lipinski definition) is 2. The van der Waals surface area contributed by atoms with E-state index in [1.54, 1.807) is 42.5 Å². The third-order valence-corrected chi connectivity index (χ3v) is 3.92. The number of carbonyl (C=O) groups is 2. The highest BCUT2D eigenvalue weighted by Gasteiger charge is 2.14. The van der Waals surface area contributed by atoms with Crippen LogP contribution in [0.25, 0.3) is 0 Å². The van der Waals surface area contributed by atoms with E-state index in [0.29, 0.717) is 11.4 Å². The molecule has 0 atom stereocenters. The Morgan fingerprint density at radius 2 is 1.72 bits per heavy atom. The minimum Gasteiger partial charge on any atom is -0.406 e. The highest BCUT2D eigenvalue weighted by atomic mass is 19.1. The molecule has 29 heavy (non-hydrogen) atoms. The molecule has 3 rings (SSSR count). The van der Waals surface area contributed by atoms with Gasteiger partial charge in [0, 0.05) is 30.1 Å². The molecule has 0 bridgehead atoms. The lowest BCUT2D eigenvalue weighted by atomic mass is 10.2. The fourth-order valence-electron chi connectivity index (χ4n) is 2.58. The zero-order chi connectivity index (χ0) is 20.8. The number of carbonyl (C=O) groups excluding carboxylic acids is 2. The second-order valence-corrected chi connectivity index (χ2v) is 6.13. The summed E-state index contributed by atoms with van der Waals surface area (Å²) in [7, 11) is 0. The number of benzene rings is 2. The maximum Gasteiger partial charge on any atom is 0.295 e. The Balaban J connectivity index is 1.75. The van der Waals surface area contributed by atoms with Crippen molar-refractivity contribution in [2.75, 3.05) is 10.6 Å². The van der Waals surface area contributed by atoms with Gasteiger partial charge in [0.2, 0.25) is 5.91 Å². The summed E-state index contributed by atoms with van der Waals surface area (Å²) in [6, 6.07) is 15.4. The van der Waals surface area contributed by atoms with E-state index in [1.165, 1.54) is 31.3 Å². The van der Waals surface area contributed by atoms with Crippen molar-refractivity contribution in [1.82, 2.24) is 4.73 Å².